The van der Waals surface area contributed by atoms with Crippen LogP contribution >= 0.6 is 11.6 Å². The first-order valence-electron chi connectivity index (χ1n) is 4.91. The second-order valence-electron chi connectivity index (χ2n) is 3.50. The third-order valence-electron chi connectivity index (χ3n) is 2.34. The van der Waals surface area contributed by atoms with Gasteiger partial charge in [-0.15, -0.1) is 0 Å². The molecule has 2 aromatic rings. The minimum Gasteiger partial charge on any atom is -0.238 e. The van der Waals surface area contributed by atoms with Gasteiger partial charge >= 0.3 is 0 Å². The van der Waals surface area contributed by atoms with Crippen LogP contribution in [-0.4, -0.2) is 0 Å². The second kappa shape index (κ2) is 4.70. The summed E-state index contributed by atoms with van der Waals surface area (Å²) in [4.78, 5) is 3.37. The van der Waals surface area contributed by atoms with Crippen molar-refractivity contribution in [1.29, 1.82) is 5.26 Å². The number of nitrogens with zero attached hydrogens (tertiary/aromatic N) is 2. The quantitative estimate of drug-likeness (QED) is 0.676. The molecule has 0 bridgehead atoms. The van der Waals surface area contributed by atoms with Crippen LogP contribution in [0.2, 0.25) is 5.02 Å². The lowest BCUT2D eigenvalue weighted by Crippen LogP contribution is -1.81. The topological polar surface area (TPSA) is 28.1 Å². The van der Waals surface area contributed by atoms with E-state index < -0.39 is 0 Å². The molecular weight excluding hydrogens is 232 g/mol. The SMILES string of the molecule is [C-]#[N+]c1cccc(-c2cc(Cl)cc(C#N)c2)c1. The van der Waals surface area contributed by atoms with E-state index in [2.05, 4.69) is 10.9 Å². The highest BCUT2D eigenvalue weighted by atomic mass is 35.5. The average molecular weight is 239 g/mol. The van der Waals surface area contributed by atoms with Crippen LogP contribution in [0.5, 0.6) is 0 Å². The average Bonchev–Trinajstić information content (AvgIpc) is 2.38. The van der Waals surface area contributed by atoms with E-state index in [0.717, 1.165) is 11.1 Å². The van der Waals surface area contributed by atoms with Gasteiger partial charge < -0.3 is 0 Å². The van der Waals surface area contributed by atoms with Crippen molar-refractivity contribution in [3.8, 4) is 17.2 Å². The van der Waals surface area contributed by atoms with Crippen LogP contribution in [0.25, 0.3) is 16.0 Å². The minimum atomic E-state index is 0.515. The zero-order valence-corrected chi connectivity index (χ0v) is 9.57. The van der Waals surface area contributed by atoms with Gasteiger partial charge in [-0.05, 0) is 35.4 Å². The highest BCUT2D eigenvalue weighted by molar-refractivity contribution is 6.31. The Bertz CT molecular complexity index is 648. The van der Waals surface area contributed by atoms with Gasteiger partial charge in [0.05, 0.1) is 18.2 Å². The maximum absolute atomic E-state index is 8.88. The molecule has 0 atom stereocenters. The van der Waals surface area contributed by atoms with E-state index in [4.69, 9.17) is 23.4 Å². The van der Waals surface area contributed by atoms with Crippen molar-refractivity contribution in [3.63, 3.8) is 0 Å². The van der Waals surface area contributed by atoms with E-state index >= 15 is 0 Å². The highest BCUT2D eigenvalue weighted by Gasteiger charge is 2.03. The molecule has 0 heterocycles. The number of benzene rings is 2. The van der Waals surface area contributed by atoms with Gasteiger partial charge in [0.2, 0.25) is 0 Å². The molecule has 2 aromatic carbocycles. The van der Waals surface area contributed by atoms with Gasteiger partial charge in [-0.3, -0.25) is 0 Å². The van der Waals surface area contributed by atoms with Gasteiger partial charge in [-0.25, -0.2) is 4.85 Å². The van der Waals surface area contributed by atoms with E-state index in [1.807, 2.05) is 12.1 Å². The fraction of sp³-hybridized carbons (Fsp3) is 0. The number of hydrogen-bond donors (Lipinski definition) is 0. The summed E-state index contributed by atoms with van der Waals surface area (Å²) in [7, 11) is 0. The zero-order valence-electron chi connectivity index (χ0n) is 8.81. The molecule has 2 nitrogen and oxygen atoms in total. The van der Waals surface area contributed by atoms with Gasteiger partial charge in [-0.2, -0.15) is 5.26 Å². The van der Waals surface area contributed by atoms with Crippen molar-refractivity contribution in [2.45, 2.75) is 0 Å². The van der Waals surface area contributed by atoms with Gasteiger partial charge in [0, 0.05) is 5.02 Å². The number of halogens is 1. The molecular formula is C14H7ClN2. The predicted molar refractivity (Wildman–Crippen MR) is 67.9 cm³/mol. The molecule has 0 aliphatic carbocycles. The molecule has 0 fully saturated rings. The number of hydrogen-bond acceptors (Lipinski definition) is 1. The molecule has 0 aliphatic heterocycles. The maximum atomic E-state index is 8.88. The summed E-state index contributed by atoms with van der Waals surface area (Å²) < 4.78 is 0. The van der Waals surface area contributed by atoms with Gasteiger partial charge in [0.25, 0.3) is 0 Å². The first kappa shape index (κ1) is 11.2. The van der Waals surface area contributed by atoms with Crippen molar-refractivity contribution in [2.24, 2.45) is 0 Å². The van der Waals surface area contributed by atoms with Crippen molar-refractivity contribution in [1.82, 2.24) is 0 Å². The van der Waals surface area contributed by atoms with Crippen LogP contribution in [0.15, 0.2) is 42.5 Å². The molecule has 0 amide bonds. The molecule has 80 valence electrons. The maximum Gasteiger partial charge on any atom is 0.187 e. The molecule has 0 aromatic heterocycles. The van der Waals surface area contributed by atoms with Gasteiger partial charge in [0.15, 0.2) is 5.69 Å². The van der Waals surface area contributed by atoms with Crippen LogP contribution in [0.4, 0.5) is 5.69 Å². The van der Waals surface area contributed by atoms with E-state index in [0.29, 0.717) is 16.3 Å². The Labute approximate surface area is 105 Å². The van der Waals surface area contributed by atoms with E-state index in [9.17, 15) is 0 Å². The first-order valence-corrected chi connectivity index (χ1v) is 5.29. The molecule has 0 N–H and O–H groups in total. The van der Waals surface area contributed by atoms with Crippen LogP contribution in [0.1, 0.15) is 5.56 Å². The lowest BCUT2D eigenvalue weighted by atomic mass is 10.0. The molecule has 0 saturated heterocycles. The molecule has 2 rings (SSSR count). The summed E-state index contributed by atoms with van der Waals surface area (Å²) in [6, 6.07) is 14.4. The largest absolute Gasteiger partial charge is 0.238 e. The monoisotopic (exact) mass is 238 g/mol. The minimum absolute atomic E-state index is 0.515. The predicted octanol–water partition coefficient (Wildman–Crippen LogP) is 4.43. The smallest absolute Gasteiger partial charge is 0.187 e. The Hall–Kier alpha value is -2.29. The Morgan fingerprint density at radius 1 is 1.12 bits per heavy atom. The molecule has 3 heteroatoms. The summed E-state index contributed by atoms with van der Waals surface area (Å²) in [5.41, 5.74) is 2.82. The molecule has 0 aliphatic rings. The number of rotatable bonds is 1. The Morgan fingerprint density at radius 3 is 2.65 bits per heavy atom. The third-order valence-corrected chi connectivity index (χ3v) is 2.55. The van der Waals surface area contributed by atoms with E-state index in [1.54, 1.807) is 30.3 Å². The van der Waals surface area contributed by atoms with Crippen molar-refractivity contribution in [3.05, 3.63) is 64.5 Å². The molecule has 0 radical (unpaired) electrons. The summed E-state index contributed by atoms with van der Waals surface area (Å²) >= 11 is 5.94. The summed E-state index contributed by atoms with van der Waals surface area (Å²) in [6.45, 7) is 6.97. The lowest BCUT2D eigenvalue weighted by Gasteiger charge is -2.03. The summed E-state index contributed by atoms with van der Waals surface area (Å²) in [6.07, 6.45) is 0. The highest BCUT2D eigenvalue weighted by Crippen LogP contribution is 2.27. The summed E-state index contributed by atoms with van der Waals surface area (Å²) in [5.74, 6) is 0. The van der Waals surface area contributed by atoms with Crippen molar-refractivity contribution >= 4 is 17.3 Å². The van der Waals surface area contributed by atoms with E-state index in [1.165, 1.54) is 0 Å². The first-order chi connectivity index (χ1) is 8.22. The second-order valence-corrected chi connectivity index (χ2v) is 3.94. The van der Waals surface area contributed by atoms with E-state index in [-0.39, 0.29) is 0 Å². The lowest BCUT2D eigenvalue weighted by molar-refractivity contribution is 1.48. The Balaban J connectivity index is 2.57. The van der Waals surface area contributed by atoms with Crippen molar-refractivity contribution in [2.75, 3.05) is 0 Å². The third kappa shape index (κ3) is 2.45. The summed E-state index contributed by atoms with van der Waals surface area (Å²) in [5, 5.41) is 9.40. The normalized spacial score (nSPS) is 9.35. The molecule has 0 spiro atoms. The molecule has 0 saturated carbocycles. The Morgan fingerprint density at radius 2 is 1.94 bits per heavy atom. The van der Waals surface area contributed by atoms with Crippen LogP contribution < -0.4 is 0 Å². The van der Waals surface area contributed by atoms with Crippen LogP contribution in [0, 0.1) is 17.9 Å². The molecule has 17 heavy (non-hydrogen) atoms. The fourth-order valence-corrected chi connectivity index (χ4v) is 1.81. The standard InChI is InChI=1S/C14H7ClN2/c1-17-14-4-2-3-11(8-14)12-5-10(9-16)6-13(15)7-12/h2-8H. The van der Waals surface area contributed by atoms with Gasteiger partial charge in [0.1, 0.15) is 0 Å². The van der Waals surface area contributed by atoms with Gasteiger partial charge in [-0.1, -0.05) is 29.8 Å². The fourth-order valence-electron chi connectivity index (χ4n) is 1.58. The van der Waals surface area contributed by atoms with Crippen molar-refractivity contribution < 1.29 is 0 Å². The molecule has 0 unspecified atom stereocenters. The number of nitriles is 1. The van der Waals surface area contributed by atoms with Crippen LogP contribution in [0.3, 0.4) is 0 Å². The zero-order chi connectivity index (χ0) is 12.3. The van der Waals surface area contributed by atoms with Crippen LogP contribution in [-0.2, 0) is 0 Å². The Kier molecular flexibility index (Phi) is 3.10.